The van der Waals surface area contributed by atoms with Gasteiger partial charge in [-0.1, -0.05) is 0 Å². The molecule has 0 aliphatic heterocycles. The summed E-state index contributed by atoms with van der Waals surface area (Å²) in [4.78, 5) is 0. The van der Waals surface area contributed by atoms with E-state index in [1.54, 1.807) is 0 Å². The van der Waals surface area contributed by atoms with Crippen LogP contribution in [0.25, 0.3) is 0 Å². The normalized spacial score (nSPS) is 15.8. The lowest BCUT2D eigenvalue weighted by Crippen LogP contribution is -2.64. The minimum Gasteiger partial charge on any atom is -0.241 e. The summed E-state index contributed by atoms with van der Waals surface area (Å²) in [6, 6.07) is 0. The molecule has 0 aromatic heterocycles. The smallest absolute Gasteiger partial charge is 0.241 e. The minimum absolute atomic E-state index is 1.54. The molecular formula is C5F12O2. The number of halogens is 12. The van der Waals surface area contributed by atoms with Gasteiger partial charge in [0.25, 0.3) is 0 Å². The average Bonchev–Trinajstić information content (AvgIpc) is 1.91. The highest BCUT2D eigenvalue weighted by atomic mass is 19.4. The van der Waals surface area contributed by atoms with Crippen molar-refractivity contribution in [2.45, 2.75) is 30.9 Å². The first kappa shape index (κ1) is 18.1. The Morgan fingerprint density at radius 1 is 0.421 bits per heavy atom. The van der Waals surface area contributed by atoms with Gasteiger partial charge in [-0.2, -0.15) is 26.3 Å². The molecule has 0 rings (SSSR count). The van der Waals surface area contributed by atoms with Gasteiger partial charge in [0, 0.05) is 0 Å². The highest BCUT2D eigenvalue weighted by molar-refractivity contribution is 4.88. The highest BCUT2D eigenvalue weighted by Gasteiger charge is 2.80. The van der Waals surface area contributed by atoms with Crippen LogP contribution in [0.4, 0.5) is 52.7 Å². The topological polar surface area (TPSA) is 18.5 Å². The van der Waals surface area contributed by atoms with Gasteiger partial charge in [0.05, 0.1) is 0 Å². The molecule has 0 unspecified atom stereocenters. The van der Waals surface area contributed by atoms with Crippen molar-refractivity contribution in [3.8, 4) is 0 Å². The van der Waals surface area contributed by atoms with Crippen molar-refractivity contribution < 1.29 is 62.2 Å². The first-order valence-electron chi connectivity index (χ1n) is 3.58. The largest absolute Gasteiger partial charge is 0.525 e. The fourth-order valence-electron chi connectivity index (χ4n) is 0.739. The third-order valence-electron chi connectivity index (χ3n) is 1.27. The lowest BCUT2D eigenvalue weighted by atomic mass is 10.2. The van der Waals surface area contributed by atoms with Crippen LogP contribution in [0.3, 0.4) is 0 Å². The number of hydrogen-bond acceptors (Lipinski definition) is 2. The third kappa shape index (κ3) is 4.59. The fourth-order valence-corrected chi connectivity index (χ4v) is 0.739. The Morgan fingerprint density at radius 3 is 0.737 bits per heavy atom. The third-order valence-corrected chi connectivity index (χ3v) is 1.27. The van der Waals surface area contributed by atoms with Crippen LogP contribution >= 0.6 is 0 Å². The molecule has 14 heteroatoms. The highest BCUT2D eigenvalue weighted by Crippen LogP contribution is 2.51. The molecule has 116 valence electrons. The van der Waals surface area contributed by atoms with E-state index in [4.69, 9.17) is 0 Å². The number of ether oxygens (including phenoxy) is 2. The minimum atomic E-state index is -7.20. The molecule has 0 saturated carbocycles. The molecule has 0 amide bonds. The summed E-state index contributed by atoms with van der Waals surface area (Å²) in [7, 11) is 0. The van der Waals surface area contributed by atoms with Crippen molar-refractivity contribution >= 4 is 0 Å². The second-order valence-electron chi connectivity index (χ2n) is 2.71. The maximum absolute atomic E-state index is 12.0. The molecule has 0 saturated heterocycles. The van der Waals surface area contributed by atoms with E-state index in [1.165, 1.54) is 9.47 Å². The maximum Gasteiger partial charge on any atom is 0.525 e. The SMILES string of the molecule is FC(F)(F)OC(OC(F)(F)F)(C(F)(F)F)C(F)(F)F. The second kappa shape index (κ2) is 4.57. The van der Waals surface area contributed by atoms with E-state index in [0.29, 0.717) is 0 Å². The molecule has 0 aliphatic carbocycles. The van der Waals surface area contributed by atoms with Gasteiger partial charge in [-0.05, 0) is 0 Å². The Bertz CT molecular complexity index is 272. The predicted octanol–water partition coefficient (Wildman–Crippen LogP) is 3.88. The zero-order valence-corrected chi connectivity index (χ0v) is 7.85. The van der Waals surface area contributed by atoms with Gasteiger partial charge >= 0.3 is 30.9 Å². The average molecular weight is 320 g/mol. The van der Waals surface area contributed by atoms with E-state index >= 15 is 0 Å². The van der Waals surface area contributed by atoms with E-state index in [2.05, 4.69) is 0 Å². The van der Waals surface area contributed by atoms with Crippen LogP contribution < -0.4 is 0 Å². The van der Waals surface area contributed by atoms with Gasteiger partial charge in [0.1, 0.15) is 0 Å². The molecule has 0 spiro atoms. The van der Waals surface area contributed by atoms with Crippen molar-refractivity contribution in [1.29, 1.82) is 0 Å². The van der Waals surface area contributed by atoms with Gasteiger partial charge in [0.15, 0.2) is 0 Å². The molecule has 2 nitrogen and oxygen atoms in total. The summed E-state index contributed by atoms with van der Waals surface area (Å²) in [5.74, 6) is -6.91. The first-order chi connectivity index (χ1) is 7.91. The first-order valence-corrected chi connectivity index (χ1v) is 3.58. The molecule has 19 heavy (non-hydrogen) atoms. The summed E-state index contributed by atoms with van der Waals surface area (Å²) in [6.07, 6.45) is -27.8. The molecule has 0 N–H and O–H groups in total. The van der Waals surface area contributed by atoms with Crippen molar-refractivity contribution in [2.24, 2.45) is 0 Å². The van der Waals surface area contributed by atoms with Crippen LogP contribution in [-0.4, -0.2) is 30.9 Å². The molecule has 0 heterocycles. The van der Waals surface area contributed by atoms with E-state index in [-0.39, 0.29) is 0 Å². The van der Waals surface area contributed by atoms with Crippen molar-refractivity contribution in [1.82, 2.24) is 0 Å². The van der Waals surface area contributed by atoms with Crippen molar-refractivity contribution in [3.05, 3.63) is 0 Å². The lowest BCUT2D eigenvalue weighted by Gasteiger charge is -2.36. The summed E-state index contributed by atoms with van der Waals surface area (Å²) in [5.41, 5.74) is 0. The quantitative estimate of drug-likeness (QED) is 0.568. The van der Waals surface area contributed by atoms with Gasteiger partial charge in [-0.15, -0.1) is 26.3 Å². The van der Waals surface area contributed by atoms with E-state index in [0.717, 1.165) is 0 Å². The van der Waals surface area contributed by atoms with Crippen molar-refractivity contribution in [3.63, 3.8) is 0 Å². The summed E-state index contributed by atoms with van der Waals surface area (Å²) < 4.78 is 144. The number of hydrogen-bond donors (Lipinski definition) is 0. The Balaban J connectivity index is 5.91. The van der Waals surface area contributed by atoms with E-state index in [9.17, 15) is 52.7 Å². The maximum atomic E-state index is 12.0. The molecule has 0 aromatic carbocycles. The predicted molar refractivity (Wildman–Crippen MR) is 29.1 cm³/mol. The Hall–Kier alpha value is -0.920. The van der Waals surface area contributed by atoms with Crippen LogP contribution in [0.5, 0.6) is 0 Å². The fraction of sp³-hybridized carbons (Fsp3) is 1.00. The molecule has 0 fully saturated rings. The molecule has 0 aliphatic rings. The molecule has 0 aromatic rings. The molecule has 0 radical (unpaired) electrons. The molecule has 0 bridgehead atoms. The van der Waals surface area contributed by atoms with Gasteiger partial charge < -0.3 is 0 Å². The molecule has 0 atom stereocenters. The summed E-state index contributed by atoms with van der Waals surface area (Å²) in [6.45, 7) is 0. The van der Waals surface area contributed by atoms with E-state index in [1.807, 2.05) is 0 Å². The number of alkyl halides is 12. The Labute approximate surface area is 94.4 Å². The van der Waals surface area contributed by atoms with Crippen LogP contribution in [0.2, 0.25) is 0 Å². The van der Waals surface area contributed by atoms with Crippen LogP contribution in [0.15, 0.2) is 0 Å². The molecular weight excluding hydrogens is 320 g/mol. The van der Waals surface area contributed by atoms with Gasteiger partial charge in [-0.3, -0.25) is 0 Å². The summed E-state index contributed by atoms with van der Waals surface area (Å²) >= 11 is 0. The Kier molecular flexibility index (Phi) is 4.35. The number of rotatable bonds is 2. The summed E-state index contributed by atoms with van der Waals surface area (Å²) in [5, 5.41) is 0. The Morgan fingerprint density at radius 2 is 0.632 bits per heavy atom. The van der Waals surface area contributed by atoms with Crippen LogP contribution in [0, 0.1) is 0 Å². The van der Waals surface area contributed by atoms with Crippen LogP contribution in [-0.2, 0) is 9.47 Å². The standard InChI is InChI=1S/C5F12O2/c6-2(7,8)1(3(9,10)11,18-4(12,13)14)19-5(15,16)17. The van der Waals surface area contributed by atoms with E-state index < -0.39 is 30.9 Å². The van der Waals surface area contributed by atoms with Crippen molar-refractivity contribution in [2.75, 3.05) is 0 Å². The zero-order chi connectivity index (χ0) is 15.9. The zero-order valence-electron chi connectivity index (χ0n) is 7.85. The van der Waals surface area contributed by atoms with Gasteiger partial charge in [-0.25, -0.2) is 9.47 Å². The lowest BCUT2D eigenvalue weighted by molar-refractivity contribution is -0.573. The monoisotopic (exact) mass is 320 g/mol. The van der Waals surface area contributed by atoms with Crippen LogP contribution in [0.1, 0.15) is 0 Å². The second-order valence-corrected chi connectivity index (χ2v) is 2.71. The van der Waals surface area contributed by atoms with Gasteiger partial charge in [0.2, 0.25) is 0 Å².